The maximum Gasteiger partial charge on any atom is 0.497 e. The molecule has 1 rings (SSSR count). The first-order valence-corrected chi connectivity index (χ1v) is 7.75. The number of halogens is 2. The Labute approximate surface area is 161 Å². The molecule has 6 atom stereocenters. The van der Waals surface area contributed by atoms with Crippen molar-refractivity contribution in [3.05, 3.63) is 21.5 Å². The molecule has 0 saturated carbocycles. The van der Waals surface area contributed by atoms with E-state index in [1.807, 2.05) is 0 Å². The number of Topliss-reactive ketones (excluding diaryl/α,β-unsaturated/α-hetero) is 3. The number of ether oxygens (including phenoxy) is 1. The number of rotatable bonds is 5. The fourth-order valence-corrected chi connectivity index (χ4v) is 3.71. The van der Waals surface area contributed by atoms with Crippen LogP contribution in [0.4, 0.5) is 0 Å². The van der Waals surface area contributed by atoms with Crippen molar-refractivity contribution in [2.45, 2.75) is 54.0 Å². The molecule has 27 heavy (non-hydrogen) atoms. The summed E-state index contributed by atoms with van der Waals surface area (Å²) in [4.78, 5) is 48.6. The predicted molar refractivity (Wildman–Crippen MR) is 84.7 cm³/mol. The summed E-state index contributed by atoms with van der Waals surface area (Å²) in [6.07, 6.45) is 0. The quantitative estimate of drug-likeness (QED) is 0.129. The summed E-state index contributed by atoms with van der Waals surface area (Å²) >= 11 is 11.3. The molecule has 14 heteroatoms. The summed E-state index contributed by atoms with van der Waals surface area (Å²) in [6.45, 7) is 8.44. The molecule has 1 aliphatic heterocycles. The van der Waals surface area contributed by atoms with Crippen molar-refractivity contribution in [3.8, 4) is 0 Å². The molecule has 0 aromatic heterocycles. The zero-order chi connectivity index (χ0) is 21.8. The van der Waals surface area contributed by atoms with Crippen molar-refractivity contribution < 1.29 is 44.5 Å². The second-order valence-electron chi connectivity index (χ2n) is 5.89. The number of carbonyl (C=O) groups is 3. The van der Waals surface area contributed by atoms with E-state index in [0.29, 0.717) is 20.8 Å². The fraction of sp³-hybridized carbons (Fsp3) is 0.692. The number of alkyl halides is 2. The molecule has 0 amide bonds. The van der Waals surface area contributed by atoms with E-state index in [9.17, 15) is 44.9 Å². The topological polar surface area (TPSA) is 189 Å². The average Bonchev–Trinajstić information content (AvgIpc) is 2.56. The number of hydrogen-bond acceptors (Lipinski definition) is 10. The highest BCUT2D eigenvalue weighted by molar-refractivity contribution is 6.34. The first-order chi connectivity index (χ1) is 12.0. The van der Waals surface area contributed by atoms with Crippen LogP contribution in [-0.4, -0.2) is 76.0 Å². The zero-order valence-corrected chi connectivity index (χ0v) is 15.5. The highest BCUT2D eigenvalue weighted by atomic mass is 35.5. The Hall–Kier alpha value is -1.72. The molecule has 0 radical (unpaired) electrons. The van der Waals surface area contributed by atoms with Crippen molar-refractivity contribution in [1.82, 2.24) is 0 Å². The van der Waals surface area contributed by atoms with Gasteiger partial charge in [-0.2, -0.15) is 0 Å². The minimum atomic E-state index is -4.07. The Kier molecular flexibility index (Phi) is 5.54. The smallest absolute Gasteiger partial charge is 0.375 e. The van der Waals surface area contributed by atoms with E-state index in [1.165, 1.54) is 0 Å². The molecule has 1 fully saturated rings. The third-order valence-electron chi connectivity index (χ3n) is 4.47. The SMILES string of the molecule is [C-]#[N+]C1(O)O[C@](Cl)(C(Cl)[N+](=O)[O-])[C@](O)(C(C)=O)[C@@](O)(C(C)=O)[C@]1(O)C(C)=O. The van der Waals surface area contributed by atoms with E-state index in [4.69, 9.17) is 29.8 Å². The van der Waals surface area contributed by atoms with Gasteiger partial charge in [-0.05, 0) is 32.4 Å². The number of nitrogens with zero attached hydrogens (tertiary/aromatic N) is 2. The van der Waals surface area contributed by atoms with Crippen LogP contribution in [0.2, 0.25) is 0 Å². The van der Waals surface area contributed by atoms with E-state index in [0.717, 1.165) is 0 Å². The Balaban J connectivity index is 4.25. The maximum atomic E-state index is 12.2. The first kappa shape index (κ1) is 23.3. The number of carbonyl (C=O) groups excluding carboxylic acids is 3. The van der Waals surface area contributed by atoms with Crippen LogP contribution >= 0.6 is 23.2 Å². The molecular formula is C13H14Cl2N2O10. The van der Waals surface area contributed by atoms with Gasteiger partial charge in [-0.1, -0.05) is 11.6 Å². The molecule has 0 spiro atoms. The van der Waals surface area contributed by atoms with E-state index < -0.39 is 55.5 Å². The lowest BCUT2D eigenvalue weighted by atomic mass is 9.59. The van der Waals surface area contributed by atoms with Gasteiger partial charge in [0.15, 0.2) is 17.3 Å². The molecule has 0 aromatic rings. The number of ketones is 3. The highest BCUT2D eigenvalue weighted by Gasteiger charge is 2.93. The molecule has 150 valence electrons. The molecule has 0 aliphatic carbocycles. The molecule has 1 aliphatic rings. The van der Waals surface area contributed by atoms with Crippen LogP contribution in [0, 0.1) is 16.7 Å². The van der Waals surface area contributed by atoms with Gasteiger partial charge in [0, 0.05) is 4.92 Å². The van der Waals surface area contributed by atoms with Crippen LogP contribution < -0.4 is 0 Å². The van der Waals surface area contributed by atoms with Gasteiger partial charge in [0.25, 0.3) is 10.7 Å². The van der Waals surface area contributed by atoms with Crippen molar-refractivity contribution in [2.24, 2.45) is 0 Å². The van der Waals surface area contributed by atoms with Gasteiger partial charge in [-0.3, -0.25) is 29.6 Å². The zero-order valence-electron chi connectivity index (χ0n) is 14.0. The van der Waals surface area contributed by atoms with E-state index in [2.05, 4.69) is 9.58 Å². The summed E-state index contributed by atoms with van der Waals surface area (Å²) in [6, 6.07) is 0. The Morgan fingerprint density at radius 1 is 1.04 bits per heavy atom. The van der Waals surface area contributed by atoms with Gasteiger partial charge in [-0.25, -0.2) is 16.2 Å². The Morgan fingerprint density at radius 2 is 1.41 bits per heavy atom. The number of hydrogen-bond donors (Lipinski definition) is 4. The van der Waals surface area contributed by atoms with Crippen molar-refractivity contribution in [2.75, 3.05) is 0 Å². The second-order valence-corrected chi connectivity index (χ2v) is 6.86. The van der Waals surface area contributed by atoms with Crippen LogP contribution in [0.1, 0.15) is 20.8 Å². The lowest BCUT2D eigenvalue weighted by Gasteiger charge is -2.57. The summed E-state index contributed by atoms with van der Waals surface area (Å²) in [7, 11) is 0. The van der Waals surface area contributed by atoms with Crippen molar-refractivity contribution in [1.29, 1.82) is 0 Å². The fourth-order valence-electron chi connectivity index (χ4n) is 3.05. The van der Waals surface area contributed by atoms with Crippen LogP contribution in [0.5, 0.6) is 0 Å². The van der Waals surface area contributed by atoms with Crippen LogP contribution in [-0.2, 0) is 19.1 Å². The van der Waals surface area contributed by atoms with Crippen LogP contribution in [0.25, 0.3) is 4.85 Å². The summed E-state index contributed by atoms with van der Waals surface area (Å²) in [5.74, 6) is -9.11. The van der Waals surface area contributed by atoms with Crippen LogP contribution in [0.3, 0.4) is 0 Å². The highest BCUT2D eigenvalue weighted by Crippen LogP contribution is 2.58. The number of aliphatic hydroxyl groups is 4. The Bertz CT molecular complexity index is 786. The first-order valence-electron chi connectivity index (χ1n) is 6.93. The van der Waals surface area contributed by atoms with Crippen LogP contribution in [0.15, 0.2) is 0 Å². The monoisotopic (exact) mass is 428 g/mol. The molecular weight excluding hydrogens is 415 g/mol. The summed E-state index contributed by atoms with van der Waals surface area (Å²) in [5, 5.41) is 50.4. The normalized spacial score (nSPS) is 42.7. The van der Waals surface area contributed by atoms with Gasteiger partial charge in [0.1, 0.15) is 0 Å². The minimum absolute atomic E-state index is 0.463. The molecule has 12 nitrogen and oxygen atoms in total. The molecule has 1 heterocycles. The van der Waals surface area contributed by atoms with Gasteiger partial charge < -0.3 is 15.3 Å². The second kappa shape index (κ2) is 6.42. The standard InChI is InChI=1S/C13H14Cl2N2O10/c1-5(18)9(21)10(22,6(2)19)12(15,8(14)17(25)26)27-13(24,16-4)11(9,23)7(3)20/h8,21-24H,1-3H3/t8?,9-,10-,11+,12+,13?/m0/s1. The Morgan fingerprint density at radius 3 is 1.67 bits per heavy atom. The van der Waals surface area contributed by atoms with Gasteiger partial charge >= 0.3 is 11.4 Å². The predicted octanol–water partition coefficient (Wildman–Crippen LogP) is -1.68. The van der Waals surface area contributed by atoms with E-state index in [-0.39, 0.29) is 0 Å². The van der Waals surface area contributed by atoms with Gasteiger partial charge in [0.2, 0.25) is 11.2 Å². The molecule has 0 bridgehead atoms. The lowest BCUT2D eigenvalue weighted by molar-refractivity contribution is -0.538. The van der Waals surface area contributed by atoms with E-state index in [1.54, 1.807) is 0 Å². The van der Waals surface area contributed by atoms with E-state index >= 15 is 0 Å². The molecule has 0 aromatic carbocycles. The molecule has 1 saturated heterocycles. The lowest BCUT2D eigenvalue weighted by Crippen LogP contribution is -2.92. The van der Waals surface area contributed by atoms with Gasteiger partial charge in [0.05, 0.1) is 0 Å². The van der Waals surface area contributed by atoms with Crippen molar-refractivity contribution >= 4 is 40.6 Å². The summed E-state index contributed by atoms with van der Waals surface area (Å²) < 4.78 is 4.57. The molecule has 2 unspecified atom stereocenters. The molecule has 4 N–H and O–H groups in total. The van der Waals surface area contributed by atoms with Gasteiger partial charge in [-0.15, -0.1) is 0 Å². The maximum absolute atomic E-state index is 12.2. The minimum Gasteiger partial charge on any atom is -0.375 e. The average molecular weight is 429 g/mol. The largest absolute Gasteiger partial charge is 0.497 e. The third-order valence-corrected chi connectivity index (χ3v) is 5.61. The van der Waals surface area contributed by atoms with Crippen molar-refractivity contribution in [3.63, 3.8) is 0 Å². The third kappa shape index (κ3) is 2.37. The summed E-state index contributed by atoms with van der Waals surface area (Å²) in [5.41, 5.74) is -14.9. The number of nitro groups is 1.